The molecular formula is C16H15N3O2S2. The summed E-state index contributed by atoms with van der Waals surface area (Å²) in [5.41, 5.74) is 2.82. The first kappa shape index (κ1) is 15.8. The van der Waals surface area contributed by atoms with E-state index in [2.05, 4.69) is 9.97 Å². The van der Waals surface area contributed by atoms with Crippen molar-refractivity contribution in [2.75, 3.05) is 0 Å². The number of rotatable bonds is 4. The van der Waals surface area contributed by atoms with Gasteiger partial charge in [-0.2, -0.15) is 0 Å². The Morgan fingerprint density at radius 2 is 1.87 bits per heavy atom. The third-order valence-corrected chi connectivity index (χ3v) is 5.48. The van der Waals surface area contributed by atoms with Crippen LogP contribution in [-0.4, -0.2) is 18.4 Å². The maximum absolute atomic E-state index is 11.3. The molecule has 5 nitrogen and oxygen atoms in total. The van der Waals surface area contributed by atoms with Crippen molar-refractivity contribution >= 4 is 21.4 Å². The Balaban J connectivity index is 1.89. The van der Waals surface area contributed by atoms with Gasteiger partial charge in [-0.15, -0.1) is 11.3 Å². The first-order valence-electron chi connectivity index (χ1n) is 6.93. The number of benzene rings is 1. The largest absolute Gasteiger partial charge is 0.261 e. The van der Waals surface area contributed by atoms with Crippen LogP contribution >= 0.6 is 11.3 Å². The van der Waals surface area contributed by atoms with Crippen molar-refractivity contribution in [3.63, 3.8) is 0 Å². The highest BCUT2D eigenvalue weighted by atomic mass is 32.2. The van der Waals surface area contributed by atoms with Crippen molar-refractivity contribution in [1.82, 2.24) is 9.97 Å². The summed E-state index contributed by atoms with van der Waals surface area (Å²) in [5.74, 6) is 0. The van der Waals surface area contributed by atoms with Crippen LogP contribution in [0, 0.1) is 6.92 Å². The van der Waals surface area contributed by atoms with Crippen molar-refractivity contribution in [1.29, 1.82) is 0 Å². The molecule has 0 spiro atoms. The van der Waals surface area contributed by atoms with E-state index in [0.717, 1.165) is 26.8 Å². The summed E-state index contributed by atoms with van der Waals surface area (Å²) in [4.78, 5) is 10.0. The van der Waals surface area contributed by atoms with E-state index in [9.17, 15) is 8.42 Å². The van der Waals surface area contributed by atoms with Gasteiger partial charge in [-0.25, -0.2) is 18.5 Å². The number of sulfonamides is 1. The molecule has 0 aliphatic heterocycles. The van der Waals surface area contributed by atoms with E-state index in [1.54, 1.807) is 29.7 Å². The monoisotopic (exact) mass is 345 g/mol. The van der Waals surface area contributed by atoms with Crippen LogP contribution in [0.25, 0.3) is 10.4 Å². The van der Waals surface area contributed by atoms with Crippen LogP contribution in [-0.2, 0) is 16.4 Å². The van der Waals surface area contributed by atoms with E-state index < -0.39 is 10.0 Å². The molecule has 7 heteroatoms. The average molecular weight is 345 g/mol. The van der Waals surface area contributed by atoms with Crippen LogP contribution in [0.5, 0.6) is 0 Å². The normalized spacial score (nSPS) is 11.6. The zero-order valence-corrected chi connectivity index (χ0v) is 14.1. The minimum absolute atomic E-state index is 0.108. The first-order valence-corrected chi connectivity index (χ1v) is 9.29. The molecule has 0 saturated heterocycles. The molecule has 2 heterocycles. The molecule has 0 aliphatic rings. The second-order valence-corrected chi connectivity index (χ2v) is 7.73. The molecule has 1 aromatic carbocycles. The third-order valence-electron chi connectivity index (χ3n) is 3.34. The molecule has 3 rings (SSSR count). The van der Waals surface area contributed by atoms with Crippen LogP contribution in [0.4, 0.5) is 0 Å². The minimum Gasteiger partial charge on any atom is -0.261 e. The van der Waals surface area contributed by atoms with E-state index in [1.165, 1.54) is 12.1 Å². The molecule has 0 bridgehead atoms. The summed E-state index contributed by atoms with van der Waals surface area (Å²) >= 11 is 1.59. The van der Waals surface area contributed by atoms with Gasteiger partial charge in [0.15, 0.2) is 0 Å². The summed E-state index contributed by atoms with van der Waals surface area (Å²) < 4.78 is 22.6. The van der Waals surface area contributed by atoms with Gasteiger partial charge in [-0.1, -0.05) is 18.2 Å². The number of primary sulfonamides is 1. The predicted molar refractivity (Wildman–Crippen MR) is 90.7 cm³/mol. The lowest BCUT2D eigenvalue weighted by Crippen LogP contribution is -2.11. The van der Waals surface area contributed by atoms with Gasteiger partial charge in [0.05, 0.1) is 20.5 Å². The maximum atomic E-state index is 11.3. The lowest BCUT2D eigenvalue weighted by Gasteiger charge is -2.01. The van der Waals surface area contributed by atoms with Crippen molar-refractivity contribution in [2.45, 2.75) is 18.2 Å². The Morgan fingerprint density at radius 3 is 2.48 bits per heavy atom. The fourth-order valence-corrected chi connectivity index (χ4v) is 3.85. The summed E-state index contributed by atoms with van der Waals surface area (Å²) in [6.45, 7) is 1.95. The topological polar surface area (TPSA) is 85.9 Å². The Bertz CT molecular complexity index is 918. The zero-order valence-electron chi connectivity index (χ0n) is 12.4. The summed E-state index contributed by atoms with van der Waals surface area (Å²) in [6.07, 6.45) is 2.45. The molecule has 0 aliphatic carbocycles. The molecule has 0 radical (unpaired) electrons. The van der Waals surface area contributed by atoms with Gasteiger partial charge in [0.2, 0.25) is 10.0 Å². The Labute approximate surface area is 138 Å². The highest BCUT2D eigenvalue weighted by molar-refractivity contribution is 7.89. The SMILES string of the molecule is Cc1nc(Cc2ccccn2)sc1-c1ccc(S(N)(=O)=O)cc1. The number of aromatic nitrogens is 2. The number of aryl methyl sites for hydroxylation is 1. The predicted octanol–water partition coefficient (Wildman–Crippen LogP) is 2.75. The quantitative estimate of drug-likeness (QED) is 0.788. The molecule has 2 aromatic heterocycles. The van der Waals surface area contributed by atoms with E-state index in [0.29, 0.717) is 6.42 Å². The molecular weight excluding hydrogens is 330 g/mol. The van der Waals surface area contributed by atoms with Crippen LogP contribution in [0.3, 0.4) is 0 Å². The Morgan fingerprint density at radius 1 is 1.13 bits per heavy atom. The molecule has 0 amide bonds. The second kappa shape index (κ2) is 6.19. The van der Waals surface area contributed by atoms with Crippen LogP contribution in [0.2, 0.25) is 0 Å². The van der Waals surface area contributed by atoms with Gasteiger partial charge < -0.3 is 0 Å². The lowest BCUT2D eigenvalue weighted by atomic mass is 10.2. The Kier molecular flexibility index (Phi) is 4.25. The number of pyridine rings is 1. The van der Waals surface area contributed by atoms with Gasteiger partial charge in [0.25, 0.3) is 0 Å². The van der Waals surface area contributed by atoms with Gasteiger partial charge >= 0.3 is 0 Å². The number of hydrogen-bond acceptors (Lipinski definition) is 5. The molecule has 0 atom stereocenters. The summed E-state index contributed by atoms with van der Waals surface area (Å²) in [6, 6.07) is 12.3. The fraction of sp³-hybridized carbons (Fsp3) is 0.125. The molecule has 118 valence electrons. The average Bonchev–Trinajstić information content (AvgIpc) is 2.88. The molecule has 3 aromatic rings. The van der Waals surface area contributed by atoms with Crippen LogP contribution in [0.1, 0.15) is 16.4 Å². The van der Waals surface area contributed by atoms with Crippen LogP contribution in [0.15, 0.2) is 53.6 Å². The van der Waals surface area contributed by atoms with E-state index in [-0.39, 0.29) is 4.90 Å². The Hall–Kier alpha value is -2.09. The fourth-order valence-electron chi connectivity index (χ4n) is 2.25. The molecule has 2 N–H and O–H groups in total. The van der Waals surface area contributed by atoms with Crippen molar-refractivity contribution in [3.05, 3.63) is 65.1 Å². The van der Waals surface area contributed by atoms with E-state index in [4.69, 9.17) is 5.14 Å². The van der Waals surface area contributed by atoms with Gasteiger partial charge in [-0.3, -0.25) is 4.98 Å². The maximum Gasteiger partial charge on any atom is 0.238 e. The van der Waals surface area contributed by atoms with E-state index in [1.807, 2.05) is 25.1 Å². The molecule has 0 fully saturated rings. The summed E-state index contributed by atoms with van der Waals surface area (Å²) in [7, 11) is -3.67. The number of nitrogens with zero attached hydrogens (tertiary/aromatic N) is 2. The smallest absolute Gasteiger partial charge is 0.238 e. The zero-order chi connectivity index (χ0) is 16.4. The van der Waals surface area contributed by atoms with Gasteiger partial charge in [-0.05, 0) is 36.8 Å². The third kappa shape index (κ3) is 3.64. The van der Waals surface area contributed by atoms with Gasteiger partial charge in [0, 0.05) is 18.3 Å². The standard InChI is InChI=1S/C16H15N3O2S2/c1-11-16(12-5-7-14(8-6-12)23(17,20)21)22-15(19-11)10-13-4-2-3-9-18-13/h2-9H,10H2,1H3,(H2,17,20,21). The van der Waals surface area contributed by atoms with E-state index >= 15 is 0 Å². The highest BCUT2D eigenvalue weighted by Gasteiger charge is 2.12. The molecule has 0 saturated carbocycles. The van der Waals surface area contributed by atoms with Crippen molar-refractivity contribution in [3.8, 4) is 10.4 Å². The minimum atomic E-state index is -3.67. The molecule has 23 heavy (non-hydrogen) atoms. The second-order valence-electron chi connectivity index (χ2n) is 5.09. The number of thiazole rings is 1. The number of hydrogen-bond donors (Lipinski definition) is 1. The highest BCUT2D eigenvalue weighted by Crippen LogP contribution is 2.31. The van der Waals surface area contributed by atoms with Crippen molar-refractivity contribution < 1.29 is 8.42 Å². The summed E-state index contributed by atoms with van der Waals surface area (Å²) in [5, 5.41) is 6.10. The van der Waals surface area contributed by atoms with Crippen molar-refractivity contribution in [2.24, 2.45) is 5.14 Å². The van der Waals surface area contributed by atoms with Crippen LogP contribution < -0.4 is 5.14 Å². The number of nitrogens with two attached hydrogens (primary N) is 1. The lowest BCUT2D eigenvalue weighted by molar-refractivity contribution is 0.598. The van der Waals surface area contributed by atoms with Gasteiger partial charge in [0.1, 0.15) is 0 Å². The molecule has 0 unspecified atom stereocenters. The first-order chi connectivity index (χ1) is 10.9.